The quantitative estimate of drug-likeness (QED) is 0.919. The van der Waals surface area contributed by atoms with Crippen LogP contribution in [0.15, 0.2) is 18.2 Å². The van der Waals surface area contributed by atoms with Crippen LogP contribution >= 0.6 is 0 Å². The van der Waals surface area contributed by atoms with Gasteiger partial charge in [0.15, 0.2) is 0 Å². The minimum absolute atomic E-state index is 0.680. The first kappa shape index (κ1) is 14.7. The molecule has 1 aromatic rings. The molecule has 0 heterocycles. The number of carbonyl (C=O) groups is 1. The predicted octanol–water partition coefficient (Wildman–Crippen LogP) is 3.05. The van der Waals surface area contributed by atoms with Crippen LogP contribution in [0.1, 0.15) is 37.7 Å². The Morgan fingerprint density at radius 1 is 1.25 bits per heavy atom. The number of anilines is 1. The lowest BCUT2D eigenvalue weighted by Gasteiger charge is -2.35. The van der Waals surface area contributed by atoms with Gasteiger partial charge in [0, 0.05) is 25.3 Å². The van der Waals surface area contributed by atoms with Crippen LogP contribution in [0.2, 0.25) is 0 Å². The molecule has 0 aromatic heterocycles. The van der Waals surface area contributed by atoms with Crippen molar-refractivity contribution in [3.8, 4) is 5.75 Å². The molecule has 4 nitrogen and oxygen atoms in total. The van der Waals surface area contributed by atoms with E-state index in [4.69, 9.17) is 4.74 Å². The van der Waals surface area contributed by atoms with Crippen molar-refractivity contribution in [1.82, 2.24) is 0 Å². The number of ether oxygens (including phenoxy) is 1. The van der Waals surface area contributed by atoms with E-state index in [1.165, 1.54) is 0 Å². The Morgan fingerprint density at radius 3 is 2.40 bits per heavy atom. The fourth-order valence-electron chi connectivity index (χ4n) is 3.10. The van der Waals surface area contributed by atoms with Crippen molar-refractivity contribution in [2.45, 2.75) is 37.5 Å². The first-order valence-electron chi connectivity index (χ1n) is 7.10. The van der Waals surface area contributed by atoms with E-state index < -0.39 is 11.4 Å². The van der Waals surface area contributed by atoms with Gasteiger partial charge in [-0.05, 0) is 31.0 Å². The van der Waals surface area contributed by atoms with Crippen LogP contribution < -0.4 is 9.64 Å². The molecule has 0 aliphatic heterocycles. The molecule has 0 radical (unpaired) electrons. The van der Waals surface area contributed by atoms with Gasteiger partial charge in [0.2, 0.25) is 0 Å². The Kier molecular flexibility index (Phi) is 4.21. The Labute approximate surface area is 120 Å². The van der Waals surface area contributed by atoms with Gasteiger partial charge in [-0.2, -0.15) is 0 Å². The highest BCUT2D eigenvalue weighted by atomic mass is 16.5. The molecular formula is C16H23NO3. The Hall–Kier alpha value is -1.71. The normalized spacial score (nSPS) is 17.6. The minimum Gasteiger partial charge on any atom is -0.496 e. The van der Waals surface area contributed by atoms with Gasteiger partial charge < -0.3 is 14.7 Å². The smallest absolute Gasteiger partial charge is 0.314 e. The molecular weight excluding hydrogens is 254 g/mol. The molecule has 0 atom stereocenters. The van der Waals surface area contributed by atoms with Gasteiger partial charge in [0.25, 0.3) is 0 Å². The predicted molar refractivity (Wildman–Crippen MR) is 79.7 cm³/mol. The molecule has 0 unspecified atom stereocenters. The van der Waals surface area contributed by atoms with Crippen LogP contribution in [0.4, 0.5) is 5.69 Å². The number of methoxy groups -OCH3 is 1. The molecule has 2 rings (SSSR count). The topological polar surface area (TPSA) is 49.8 Å². The number of benzene rings is 1. The van der Waals surface area contributed by atoms with Crippen LogP contribution in [-0.4, -0.2) is 32.3 Å². The number of nitrogens with zero attached hydrogens (tertiary/aromatic N) is 1. The molecule has 110 valence electrons. The maximum Gasteiger partial charge on any atom is 0.314 e. The van der Waals surface area contributed by atoms with Crippen molar-refractivity contribution in [1.29, 1.82) is 0 Å². The molecule has 0 spiro atoms. The molecule has 1 N–H and O–H groups in total. The first-order valence-corrected chi connectivity index (χ1v) is 7.10. The second-order valence-corrected chi connectivity index (χ2v) is 5.73. The highest BCUT2D eigenvalue weighted by Crippen LogP contribution is 2.44. The minimum atomic E-state index is -0.796. The second-order valence-electron chi connectivity index (χ2n) is 5.73. The average Bonchev–Trinajstić information content (AvgIpc) is 2.47. The zero-order valence-corrected chi connectivity index (χ0v) is 12.5. The van der Waals surface area contributed by atoms with Crippen LogP contribution in [0.5, 0.6) is 5.75 Å². The Balaban J connectivity index is 2.56. The fraction of sp³-hybridized carbons (Fsp3) is 0.562. The summed E-state index contributed by atoms with van der Waals surface area (Å²) >= 11 is 0. The summed E-state index contributed by atoms with van der Waals surface area (Å²) in [6.07, 6.45) is 4.42. The van der Waals surface area contributed by atoms with E-state index in [0.717, 1.165) is 30.5 Å². The third-order valence-corrected chi connectivity index (χ3v) is 4.33. The number of rotatable bonds is 4. The molecule has 1 fully saturated rings. The monoisotopic (exact) mass is 277 g/mol. The van der Waals surface area contributed by atoms with Gasteiger partial charge in [-0.25, -0.2) is 0 Å². The summed E-state index contributed by atoms with van der Waals surface area (Å²) in [7, 11) is 5.52. The molecule has 0 bridgehead atoms. The van der Waals surface area contributed by atoms with E-state index >= 15 is 0 Å². The summed E-state index contributed by atoms with van der Waals surface area (Å²) in [6.45, 7) is 0. The van der Waals surface area contributed by atoms with E-state index in [9.17, 15) is 9.90 Å². The van der Waals surface area contributed by atoms with E-state index in [2.05, 4.69) is 0 Å². The standard InChI is InChI=1S/C16H23NO3/c1-17(2)12-7-8-14(20-3)13(11-12)16(15(18)19)9-5-4-6-10-16/h7-8,11H,4-6,9-10H2,1-3H3,(H,18,19). The molecule has 20 heavy (non-hydrogen) atoms. The van der Waals surface area contributed by atoms with Gasteiger partial charge >= 0.3 is 5.97 Å². The van der Waals surface area contributed by atoms with Crippen molar-refractivity contribution < 1.29 is 14.6 Å². The summed E-state index contributed by atoms with van der Waals surface area (Å²) in [4.78, 5) is 13.9. The summed E-state index contributed by atoms with van der Waals surface area (Å²) in [5.74, 6) is -0.0497. The van der Waals surface area contributed by atoms with Crippen molar-refractivity contribution >= 4 is 11.7 Å². The number of carboxylic acids is 1. The maximum atomic E-state index is 12.0. The second kappa shape index (κ2) is 5.73. The van der Waals surface area contributed by atoms with E-state index in [1.807, 2.05) is 37.2 Å². The highest BCUT2D eigenvalue weighted by molar-refractivity contribution is 5.83. The first-order chi connectivity index (χ1) is 9.51. The van der Waals surface area contributed by atoms with E-state index in [-0.39, 0.29) is 0 Å². The summed E-state index contributed by atoms with van der Waals surface area (Å²) in [5.41, 5.74) is 1.03. The molecule has 4 heteroatoms. The molecule has 1 aliphatic rings. The summed E-state index contributed by atoms with van der Waals surface area (Å²) < 4.78 is 5.43. The Morgan fingerprint density at radius 2 is 1.90 bits per heavy atom. The van der Waals surface area contributed by atoms with Gasteiger partial charge in [0.1, 0.15) is 5.75 Å². The lowest BCUT2D eigenvalue weighted by atomic mass is 9.69. The van der Waals surface area contributed by atoms with E-state index in [0.29, 0.717) is 18.6 Å². The molecule has 0 amide bonds. The molecule has 1 aliphatic carbocycles. The number of carboxylic acid groups (broad SMARTS) is 1. The SMILES string of the molecule is COc1ccc(N(C)C)cc1C1(C(=O)O)CCCCC1. The summed E-state index contributed by atoms with van der Waals surface area (Å²) in [5, 5.41) is 9.82. The Bertz CT molecular complexity index is 490. The lowest BCUT2D eigenvalue weighted by Crippen LogP contribution is -2.38. The zero-order chi connectivity index (χ0) is 14.8. The van der Waals surface area contributed by atoms with Crippen molar-refractivity contribution in [3.63, 3.8) is 0 Å². The third-order valence-electron chi connectivity index (χ3n) is 4.33. The lowest BCUT2D eigenvalue weighted by molar-refractivity contribution is -0.145. The summed E-state index contributed by atoms with van der Waals surface area (Å²) in [6, 6.07) is 5.81. The van der Waals surface area contributed by atoms with Gasteiger partial charge in [-0.15, -0.1) is 0 Å². The molecule has 1 aromatic carbocycles. The largest absolute Gasteiger partial charge is 0.496 e. The average molecular weight is 277 g/mol. The van der Waals surface area contributed by atoms with Crippen LogP contribution in [0.25, 0.3) is 0 Å². The zero-order valence-electron chi connectivity index (χ0n) is 12.5. The van der Waals surface area contributed by atoms with Gasteiger partial charge in [-0.3, -0.25) is 4.79 Å². The van der Waals surface area contributed by atoms with Crippen molar-refractivity contribution in [3.05, 3.63) is 23.8 Å². The van der Waals surface area contributed by atoms with Crippen molar-refractivity contribution in [2.75, 3.05) is 26.1 Å². The number of hydrogen-bond acceptors (Lipinski definition) is 3. The van der Waals surface area contributed by atoms with Crippen LogP contribution in [0, 0.1) is 0 Å². The van der Waals surface area contributed by atoms with Gasteiger partial charge in [0.05, 0.1) is 12.5 Å². The van der Waals surface area contributed by atoms with Crippen LogP contribution in [-0.2, 0) is 10.2 Å². The number of aliphatic carboxylic acids is 1. The van der Waals surface area contributed by atoms with E-state index in [1.54, 1.807) is 7.11 Å². The van der Waals surface area contributed by atoms with Gasteiger partial charge in [-0.1, -0.05) is 19.3 Å². The van der Waals surface area contributed by atoms with Crippen molar-refractivity contribution in [2.24, 2.45) is 0 Å². The number of hydrogen-bond donors (Lipinski definition) is 1. The molecule has 1 saturated carbocycles. The maximum absolute atomic E-state index is 12.0. The highest BCUT2D eigenvalue weighted by Gasteiger charge is 2.43. The third kappa shape index (κ3) is 2.47. The van der Waals surface area contributed by atoms with Crippen LogP contribution in [0.3, 0.4) is 0 Å². The molecule has 0 saturated heterocycles. The fourth-order valence-corrected chi connectivity index (χ4v) is 3.10.